The lowest BCUT2D eigenvalue weighted by Crippen LogP contribution is -2.15. The maximum Gasteiger partial charge on any atom is 0.338 e. The lowest BCUT2D eigenvalue weighted by Gasteiger charge is -2.17. The highest BCUT2D eigenvalue weighted by molar-refractivity contribution is 7.92. The van der Waals surface area contributed by atoms with Gasteiger partial charge in [-0.05, 0) is 66.8 Å². The minimum absolute atomic E-state index is 0.109. The Morgan fingerprint density at radius 2 is 1.79 bits per heavy atom. The van der Waals surface area contributed by atoms with Crippen molar-refractivity contribution in [3.63, 3.8) is 0 Å². The van der Waals surface area contributed by atoms with E-state index in [1.165, 1.54) is 0 Å². The third kappa shape index (κ3) is 5.73. The number of anilines is 1. The summed E-state index contributed by atoms with van der Waals surface area (Å²) in [5, 5.41) is 0. The fourth-order valence-corrected chi connectivity index (χ4v) is 4.19. The molecule has 29 heavy (non-hydrogen) atoms. The molecule has 0 atom stereocenters. The molecule has 0 fully saturated rings. The van der Waals surface area contributed by atoms with Crippen molar-refractivity contribution in [2.24, 2.45) is 0 Å². The van der Waals surface area contributed by atoms with Crippen molar-refractivity contribution in [1.29, 1.82) is 0 Å². The van der Waals surface area contributed by atoms with Crippen LogP contribution in [0.25, 0.3) is 0 Å². The van der Waals surface area contributed by atoms with Crippen LogP contribution < -0.4 is 9.46 Å². The molecule has 0 spiro atoms. The van der Waals surface area contributed by atoms with Crippen LogP contribution in [0.4, 0.5) is 5.69 Å². The van der Waals surface area contributed by atoms with Crippen molar-refractivity contribution in [3.05, 3.63) is 53.1 Å². The van der Waals surface area contributed by atoms with E-state index in [2.05, 4.69) is 4.72 Å². The molecule has 0 aliphatic carbocycles. The van der Waals surface area contributed by atoms with E-state index in [1.807, 2.05) is 20.8 Å². The van der Waals surface area contributed by atoms with Crippen molar-refractivity contribution in [2.75, 3.05) is 18.4 Å². The van der Waals surface area contributed by atoms with Gasteiger partial charge in [-0.1, -0.05) is 27.2 Å². The Balaban J connectivity index is 2.23. The van der Waals surface area contributed by atoms with Gasteiger partial charge in [0.2, 0.25) is 0 Å². The van der Waals surface area contributed by atoms with Crippen LogP contribution in [0.5, 0.6) is 5.75 Å². The van der Waals surface area contributed by atoms with Crippen molar-refractivity contribution >= 4 is 21.7 Å². The van der Waals surface area contributed by atoms with E-state index in [1.54, 1.807) is 50.4 Å². The first-order valence-corrected chi connectivity index (χ1v) is 11.2. The smallest absolute Gasteiger partial charge is 0.338 e. The Kier molecular flexibility index (Phi) is 7.67. The monoisotopic (exact) mass is 419 g/mol. The van der Waals surface area contributed by atoms with Crippen molar-refractivity contribution in [3.8, 4) is 5.75 Å². The molecular formula is C22H29NO5S. The number of hydrogen-bond donors (Lipinski definition) is 1. The molecule has 0 aromatic heterocycles. The summed E-state index contributed by atoms with van der Waals surface area (Å²) < 4.78 is 39.0. The van der Waals surface area contributed by atoms with E-state index in [-0.39, 0.29) is 10.8 Å². The fourth-order valence-electron chi connectivity index (χ4n) is 2.87. The number of methoxy groups -OCH3 is 1. The Bertz CT molecular complexity index is 950. The number of esters is 1. The van der Waals surface area contributed by atoms with Gasteiger partial charge in [0, 0.05) is 5.69 Å². The predicted octanol–water partition coefficient (Wildman–Crippen LogP) is 4.88. The van der Waals surface area contributed by atoms with Gasteiger partial charge in [-0.25, -0.2) is 13.2 Å². The average molecular weight is 420 g/mol. The first-order chi connectivity index (χ1) is 13.7. The summed E-state index contributed by atoms with van der Waals surface area (Å²) >= 11 is 0. The van der Waals surface area contributed by atoms with Crippen LogP contribution in [0, 0.1) is 6.92 Å². The molecule has 2 aromatic rings. The Hall–Kier alpha value is -2.54. The maximum absolute atomic E-state index is 12.9. The number of nitrogens with one attached hydrogen (secondary N) is 1. The molecule has 0 radical (unpaired) electrons. The fraction of sp³-hybridized carbons (Fsp3) is 0.409. The summed E-state index contributed by atoms with van der Waals surface area (Å²) in [6.45, 7) is 8.09. The molecule has 1 N–H and O–H groups in total. The third-order valence-electron chi connectivity index (χ3n) is 4.54. The molecule has 0 heterocycles. The standard InChI is InChI=1S/C22H29NO5S/c1-6-7-12-28-22(24)17-8-10-18(11-9-17)23-29(25,26)21-14-19(15(2)3)20(27-5)13-16(21)4/h8-11,13-15,23H,6-7,12H2,1-5H3. The van der Waals surface area contributed by atoms with E-state index >= 15 is 0 Å². The molecule has 0 saturated heterocycles. The van der Waals surface area contributed by atoms with E-state index in [0.29, 0.717) is 29.2 Å². The number of hydrogen-bond acceptors (Lipinski definition) is 5. The van der Waals surface area contributed by atoms with Crippen LogP contribution in [-0.4, -0.2) is 28.1 Å². The van der Waals surface area contributed by atoms with Crippen molar-refractivity contribution < 1.29 is 22.7 Å². The minimum atomic E-state index is -3.80. The van der Waals surface area contributed by atoms with E-state index in [9.17, 15) is 13.2 Å². The van der Waals surface area contributed by atoms with Crippen molar-refractivity contribution in [1.82, 2.24) is 0 Å². The van der Waals surface area contributed by atoms with Gasteiger partial charge in [0.25, 0.3) is 10.0 Å². The molecule has 158 valence electrons. The molecule has 7 heteroatoms. The van der Waals surface area contributed by atoms with Gasteiger partial charge in [-0.2, -0.15) is 0 Å². The van der Waals surface area contributed by atoms with Gasteiger partial charge >= 0.3 is 5.97 Å². The summed E-state index contributed by atoms with van der Waals surface area (Å²) in [4.78, 5) is 12.2. The second-order valence-corrected chi connectivity index (χ2v) is 8.84. The molecule has 0 amide bonds. The van der Waals surface area contributed by atoms with Crippen LogP contribution in [0.3, 0.4) is 0 Å². The molecule has 0 saturated carbocycles. The maximum atomic E-state index is 12.9. The SMILES string of the molecule is CCCCOC(=O)c1ccc(NS(=O)(=O)c2cc(C(C)C)c(OC)cc2C)cc1. The van der Waals surface area contributed by atoms with Crippen LogP contribution in [0.1, 0.15) is 61.0 Å². The predicted molar refractivity (Wildman–Crippen MR) is 114 cm³/mol. The number of rotatable bonds is 9. The highest BCUT2D eigenvalue weighted by Gasteiger charge is 2.21. The normalized spacial score (nSPS) is 11.4. The molecule has 0 aliphatic rings. The second-order valence-electron chi connectivity index (χ2n) is 7.19. The molecule has 2 aromatic carbocycles. The Morgan fingerprint density at radius 1 is 1.14 bits per heavy atom. The number of aryl methyl sites for hydroxylation is 1. The largest absolute Gasteiger partial charge is 0.496 e. The molecule has 0 bridgehead atoms. The van der Waals surface area contributed by atoms with Crippen molar-refractivity contribution in [2.45, 2.75) is 51.3 Å². The summed E-state index contributed by atoms with van der Waals surface area (Å²) in [5.74, 6) is 0.361. The zero-order valence-electron chi connectivity index (χ0n) is 17.6. The second kappa shape index (κ2) is 9.78. The number of ether oxygens (including phenoxy) is 2. The molecular weight excluding hydrogens is 390 g/mol. The Labute approximate surface area is 173 Å². The summed E-state index contributed by atoms with van der Waals surface area (Å²) in [7, 11) is -2.23. The highest BCUT2D eigenvalue weighted by Crippen LogP contribution is 2.32. The first kappa shape index (κ1) is 22.7. The number of carbonyl (C=O) groups excluding carboxylic acids is 1. The zero-order chi connectivity index (χ0) is 21.6. The van der Waals surface area contributed by atoms with Crippen LogP contribution in [0.2, 0.25) is 0 Å². The van der Waals surface area contributed by atoms with E-state index in [0.717, 1.165) is 18.4 Å². The number of carbonyl (C=O) groups is 1. The van der Waals surface area contributed by atoms with E-state index < -0.39 is 16.0 Å². The molecule has 0 unspecified atom stereocenters. The highest BCUT2D eigenvalue weighted by atomic mass is 32.2. The quantitative estimate of drug-likeness (QED) is 0.462. The minimum Gasteiger partial charge on any atom is -0.496 e. The zero-order valence-corrected chi connectivity index (χ0v) is 18.4. The molecule has 2 rings (SSSR count). The lowest BCUT2D eigenvalue weighted by atomic mass is 10.0. The summed E-state index contributed by atoms with van der Waals surface area (Å²) in [6.07, 6.45) is 1.75. The topological polar surface area (TPSA) is 81.7 Å². The first-order valence-electron chi connectivity index (χ1n) is 9.68. The number of unbranched alkanes of at least 4 members (excludes halogenated alkanes) is 1. The lowest BCUT2D eigenvalue weighted by molar-refractivity contribution is 0.0500. The van der Waals surface area contributed by atoms with Gasteiger partial charge in [0.05, 0.1) is 24.2 Å². The van der Waals surface area contributed by atoms with Crippen LogP contribution in [0.15, 0.2) is 41.3 Å². The van der Waals surface area contributed by atoms with Gasteiger partial charge in [0.1, 0.15) is 5.75 Å². The number of sulfonamides is 1. The van der Waals surface area contributed by atoms with Crippen LogP contribution >= 0.6 is 0 Å². The summed E-state index contributed by atoms with van der Waals surface area (Å²) in [6, 6.07) is 9.59. The molecule has 0 aliphatic heterocycles. The summed E-state index contributed by atoms with van der Waals surface area (Å²) in [5.41, 5.74) is 2.17. The van der Waals surface area contributed by atoms with Gasteiger partial charge in [-0.15, -0.1) is 0 Å². The van der Waals surface area contributed by atoms with Gasteiger partial charge < -0.3 is 9.47 Å². The Morgan fingerprint density at radius 3 is 2.34 bits per heavy atom. The van der Waals surface area contributed by atoms with Crippen LogP contribution in [-0.2, 0) is 14.8 Å². The number of benzene rings is 2. The van der Waals surface area contributed by atoms with Gasteiger partial charge in [-0.3, -0.25) is 4.72 Å². The molecule has 6 nitrogen and oxygen atoms in total. The van der Waals surface area contributed by atoms with E-state index in [4.69, 9.17) is 9.47 Å². The van der Waals surface area contributed by atoms with Gasteiger partial charge in [0.15, 0.2) is 0 Å². The average Bonchev–Trinajstić information content (AvgIpc) is 2.67. The third-order valence-corrected chi connectivity index (χ3v) is 6.07.